The normalized spacial score (nSPS) is 19.2. The molecule has 2 atom stereocenters. The molecular formula is C17H18FN. The SMILES string of the molecule is CNC(c1cccc(F)c1)C1CCc2ccccc21. The average molecular weight is 255 g/mol. The van der Waals surface area contributed by atoms with Crippen molar-refractivity contribution in [3.05, 3.63) is 71.0 Å². The van der Waals surface area contributed by atoms with Crippen molar-refractivity contribution in [2.45, 2.75) is 24.8 Å². The van der Waals surface area contributed by atoms with Crippen LogP contribution >= 0.6 is 0 Å². The van der Waals surface area contributed by atoms with Gasteiger partial charge in [-0.05, 0) is 48.7 Å². The van der Waals surface area contributed by atoms with E-state index in [-0.39, 0.29) is 11.9 Å². The minimum atomic E-state index is -0.163. The second-order valence-corrected chi connectivity index (χ2v) is 5.17. The number of hydrogen-bond acceptors (Lipinski definition) is 1. The lowest BCUT2D eigenvalue weighted by Crippen LogP contribution is -2.22. The van der Waals surface area contributed by atoms with Crippen LogP contribution in [-0.2, 0) is 6.42 Å². The number of fused-ring (bicyclic) bond motifs is 1. The smallest absolute Gasteiger partial charge is 0.123 e. The van der Waals surface area contributed by atoms with Gasteiger partial charge < -0.3 is 5.32 Å². The number of nitrogens with one attached hydrogen (secondary N) is 1. The first-order valence-corrected chi connectivity index (χ1v) is 6.80. The van der Waals surface area contributed by atoms with Crippen LogP contribution in [0.5, 0.6) is 0 Å². The van der Waals surface area contributed by atoms with Crippen molar-refractivity contribution in [2.24, 2.45) is 0 Å². The molecule has 0 spiro atoms. The molecule has 1 aliphatic rings. The van der Waals surface area contributed by atoms with E-state index < -0.39 is 0 Å². The first-order chi connectivity index (χ1) is 9.29. The summed E-state index contributed by atoms with van der Waals surface area (Å²) >= 11 is 0. The molecule has 0 fully saturated rings. The van der Waals surface area contributed by atoms with E-state index in [1.807, 2.05) is 13.1 Å². The largest absolute Gasteiger partial charge is 0.312 e. The summed E-state index contributed by atoms with van der Waals surface area (Å²) in [5.74, 6) is 0.270. The van der Waals surface area contributed by atoms with Crippen molar-refractivity contribution in [1.29, 1.82) is 0 Å². The van der Waals surface area contributed by atoms with Crippen LogP contribution in [0.25, 0.3) is 0 Å². The maximum absolute atomic E-state index is 13.4. The molecule has 98 valence electrons. The first kappa shape index (κ1) is 12.4. The Bertz CT molecular complexity index is 579. The Morgan fingerprint density at radius 3 is 2.79 bits per heavy atom. The minimum absolute atomic E-state index is 0.163. The third kappa shape index (κ3) is 2.28. The Morgan fingerprint density at radius 1 is 1.16 bits per heavy atom. The lowest BCUT2D eigenvalue weighted by Gasteiger charge is -2.24. The van der Waals surface area contributed by atoms with Crippen LogP contribution in [0.1, 0.15) is 35.1 Å². The highest BCUT2D eigenvalue weighted by molar-refractivity contribution is 5.38. The fraction of sp³-hybridized carbons (Fsp3) is 0.294. The third-order valence-electron chi connectivity index (χ3n) is 4.10. The van der Waals surface area contributed by atoms with Gasteiger partial charge in [0.15, 0.2) is 0 Å². The fourth-order valence-corrected chi connectivity index (χ4v) is 3.24. The Kier molecular flexibility index (Phi) is 3.34. The maximum atomic E-state index is 13.4. The van der Waals surface area contributed by atoms with Gasteiger partial charge in [0.05, 0.1) is 0 Å². The zero-order chi connectivity index (χ0) is 13.2. The molecule has 2 heteroatoms. The van der Waals surface area contributed by atoms with Gasteiger partial charge in [0.2, 0.25) is 0 Å². The predicted octanol–water partition coefficient (Wildman–Crippen LogP) is 3.82. The highest BCUT2D eigenvalue weighted by atomic mass is 19.1. The highest BCUT2D eigenvalue weighted by Gasteiger charge is 2.29. The van der Waals surface area contributed by atoms with Crippen molar-refractivity contribution < 1.29 is 4.39 Å². The van der Waals surface area contributed by atoms with Gasteiger partial charge in [0.1, 0.15) is 5.82 Å². The molecule has 2 aromatic rings. The van der Waals surface area contributed by atoms with E-state index in [9.17, 15) is 4.39 Å². The second-order valence-electron chi connectivity index (χ2n) is 5.17. The number of likely N-dealkylation sites (N-methyl/N-ethyl adjacent to an activating group) is 1. The van der Waals surface area contributed by atoms with Crippen LogP contribution in [0.15, 0.2) is 48.5 Å². The van der Waals surface area contributed by atoms with Gasteiger partial charge >= 0.3 is 0 Å². The monoisotopic (exact) mass is 255 g/mol. The van der Waals surface area contributed by atoms with Gasteiger partial charge in [-0.15, -0.1) is 0 Å². The van der Waals surface area contributed by atoms with Crippen molar-refractivity contribution in [3.8, 4) is 0 Å². The van der Waals surface area contributed by atoms with Crippen LogP contribution in [0, 0.1) is 5.82 Å². The van der Waals surface area contributed by atoms with Gasteiger partial charge in [-0.3, -0.25) is 0 Å². The molecule has 2 unspecified atom stereocenters. The maximum Gasteiger partial charge on any atom is 0.123 e. The molecule has 0 aliphatic heterocycles. The molecule has 2 aromatic carbocycles. The summed E-state index contributed by atoms with van der Waals surface area (Å²) in [4.78, 5) is 0. The lowest BCUT2D eigenvalue weighted by molar-refractivity contribution is 0.474. The summed E-state index contributed by atoms with van der Waals surface area (Å²) in [6.45, 7) is 0. The molecule has 0 bridgehead atoms. The van der Waals surface area contributed by atoms with E-state index in [0.717, 1.165) is 18.4 Å². The van der Waals surface area contributed by atoms with Gasteiger partial charge in [-0.2, -0.15) is 0 Å². The second kappa shape index (κ2) is 5.14. The summed E-state index contributed by atoms with van der Waals surface area (Å²) in [7, 11) is 1.95. The Hall–Kier alpha value is -1.67. The van der Waals surface area contributed by atoms with E-state index in [0.29, 0.717) is 5.92 Å². The minimum Gasteiger partial charge on any atom is -0.312 e. The highest BCUT2D eigenvalue weighted by Crippen LogP contribution is 2.41. The van der Waals surface area contributed by atoms with Crippen LogP contribution in [-0.4, -0.2) is 7.05 Å². The number of rotatable bonds is 3. The Labute approximate surface area is 113 Å². The molecule has 3 rings (SSSR count). The first-order valence-electron chi connectivity index (χ1n) is 6.80. The number of benzene rings is 2. The molecule has 1 aliphatic carbocycles. The molecule has 0 saturated carbocycles. The molecule has 0 radical (unpaired) electrons. The molecule has 0 aromatic heterocycles. The number of halogens is 1. The van der Waals surface area contributed by atoms with Crippen molar-refractivity contribution in [2.75, 3.05) is 7.05 Å². The standard InChI is InChI=1S/C17H18FN/c1-19-17(13-6-4-7-14(18)11-13)16-10-9-12-5-2-3-8-15(12)16/h2-8,11,16-17,19H,9-10H2,1H3. The summed E-state index contributed by atoms with van der Waals surface area (Å²) in [5.41, 5.74) is 3.87. The molecule has 0 saturated heterocycles. The van der Waals surface area contributed by atoms with Gasteiger partial charge in [-0.25, -0.2) is 4.39 Å². The van der Waals surface area contributed by atoms with Crippen LogP contribution in [0.3, 0.4) is 0 Å². The lowest BCUT2D eigenvalue weighted by atomic mass is 9.88. The Balaban J connectivity index is 1.96. The fourth-order valence-electron chi connectivity index (χ4n) is 3.24. The van der Waals surface area contributed by atoms with Gasteiger partial charge in [-0.1, -0.05) is 36.4 Å². The molecule has 19 heavy (non-hydrogen) atoms. The van der Waals surface area contributed by atoms with Gasteiger partial charge in [0.25, 0.3) is 0 Å². The summed E-state index contributed by atoms with van der Waals surface area (Å²) in [6.07, 6.45) is 2.25. The molecule has 0 amide bonds. The number of hydrogen-bond donors (Lipinski definition) is 1. The van der Waals surface area contributed by atoms with Crippen molar-refractivity contribution in [1.82, 2.24) is 5.32 Å². The van der Waals surface area contributed by atoms with Crippen LogP contribution in [0.4, 0.5) is 4.39 Å². The average Bonchev–Trinajstić information content (AvgIpc) is 2.84. The molecule has 1 N–H and O–H groups in total. The van der Waals surface area contributed by atoms with E-state index in [4.69, 9.17) is 0 Å². The number of aryl methyl sites for hydroxylation is 1. The van der Waals surface area contributed by atoms with Crippen LogP contribution < -0.4 is 5.32 Å². The molecular weight excluding hydrogens is 237 g/mol. The van der Waals surface area contributed by atoms with Crippen molar-refractivity contribution >= 4 is 0 Å². The Morgan fingerprint density at radius 2 is 2.00 bits per heavy atom. The van der Waals surface area contributed by atoms with Gasteiger partial charge in [0, 0.05) is 12.0 Å². The summed E-state index contributed by atoms with van der Waals surface area (Å²) < 4.78 is 13.4. The summed E-state index contributed by atoms with van der Waals surface area (Å²) in [5, 5.41) is 3.36. The van der Waals surface area contributed by atoms with Crippen molar-refractivity contribution in [3.63, 3.8) is 0 Å². The molecule has 1 nitrogen and oxygen atoms in total. The van der Waals surface area contributed by atoms with E-state index in [1.165, 1.54) is 17.2 Å². The predicted molar refractivity (Wildman–Crippen MR) is 75.7 cm³/mol. The zero-order valence-electron chi connectivity index (χ0n) is 11.1. The third-order valence-corrected chi connectivity index (χ3v) is 4.10. The topological polar surface area (TPSA) is 12.0 Å². The van der Waals surface area contributed by atoms with E-state index in [2.05, 4.69) is 29.6 Å². The quantitative estimate of drug-likeness (QED) is 0.879. The summed E-state index contributed by atoms with van der Waals surface area (Å²) in [6, 6.07) is 15.7. The zero-order valence-corrected chi connectivity index (χ0v) is 11.1. The van der Waals surface area contributed by atoms with E-state index in [1.54, 1.807) is 12.1 Å². The molecule has 0 heterocycles. The van der Waals surface area contributed by atoms with E-state index >= 15 is 0 Å². The van der Waals surface area contributed by atoms with Crippen LogP contribution in [0.2, 0.25) is 0 Å².